The van der Waals surface area contributed by atoms with Crippen LogP contribution in [0.3, 0.4) is 0 Å². The number of aryl methyl sites for hydroxylation is 2. The Balaban J connectivity index is 3.21. The Bertz CT molecular complexity index is 591. The number of benzene rings is 1. The first-order chi connectivity index (χ1) is 8.49. The number of anilines is 1. The number of nitro groups is 1. The lowest BCUT2D eigenvalue weighted by atomic mass is 10.1. The van der Waals surface area contributed by atoms with Gasteiger partial charge in [-0.1, -0.05) is 0 Å². The van der Waals surface area contributed by atoms with E-state index in [2.05, 4.69) is 10.5 Å². The minimum atomic E-state index is -0.553. The summed E-state index contributed by atoms with van der Waals surface area (Å²) >= 11 is 0. The Morgan fingerprint density at radius 3 is 2.39 bits per heavy atom. The van der Waals surface area contributed by atoms with E-state index in [1.165, 1.54) is 6.07 Å². The van der Waals surface area contributed by atoms with Crippen LogP contribution in [-0.4, -0.2) is 10.6 Å². The topological polar surface area (TPSA) is 115 Å². The van der Waals surface area contributed by atoms with Gasteiger partial charge in [0, 0.05) is 6.07 Å². The van der Waals surface area contributed by atoms with Crippen molar-refractivity contribution < 1.29 is 4.92 Å². The van der Waals surface area contributed by atoms with E-state index in [0.29, 0.717) is 0 Å². The highest BCUT2D eigenvalue weighted by molar-refractivity contribution is 6.10. The largest absolute Gasteiger partial charge is 0.294 e. The summed E-state index contributed by atoms with van der Waals surface area (Å²) < 4.78 is 0. The number of rotatable bonds is 3. The van der Waals surface area contributed by atoms with Gasteiger partial charge in [0.05, 0.1) is 4.92 Å². The number of hydrogen-bond donors (Lipinski definition) is 1. The van der Waals surface area contributed by atoms with Crippen molar-refractivity contribution in [2.75, 3.05) is 5.43 Å². The molecule has 0 aliphatic heterocycles. The van der Waals surface area contributed by atoms with Gasteiger partial charge >= 0.3 is 0 Å². The standard InChI is InChI=1S/C11H9N5O2/c1-7-3-10(15-14-9(5-12)6-13)11(16(17)18)4-8(7)2/h3-4,15H,1-2H3. The summed E-state index contributed by atoms with van der Waals surface area (Å²) in [5.41, 5.74) is 3.57. The molecule has 0 aliphatic rings. The van der Waals surface area contributed by atoms with Gasteiger partial charge in [-0.05, 0) is 31.0 Å². The quantitative estimate of drug-likeness (QED) is 0.495. The molecule has 1 N–H and O–H groups in total. The first kappa shape index (κ1) is 13.1. The summed E-state index contributed by atoms with van der Waals surface area (Å²) in [5.74, 6) is 0. The van der Waals surface area contributed by atoms with Gasteiger partial charge in [-0.3, -0.25) is 15.5 Å². The van der Waals surface area contributed by atoms with Gasteiger partial charge in [-0.25, -0.2) is 0 Å². The lowest BCUT2D eigenvalue weighted by molar-refractivity contribution is -0.384. The number of nitrogens with zero attached hydrogens (tertiary/aromatic N) is 4. The van der Waals surface area contributed by atoms with E-state index in [9.17, 15) is 10.1 Å². The summed E-state index contributed by atoms with van der Waals surface area (Å²) in [4.78, 5) is 10.3. The molecule has 0 aromatic heterocycles. The van der Waals surface area contributed by atoms with Crippen LogP contribution in [-0.2, 0) is 0 Å². The van der Waals surface area contributed by atoms with Crippen molar-refractivity contribution in [2.45, 2.75) is 13.8 Å². The zero-order valence-corrected chi connectivity index (χ0v) is 9.76. The highest BCUT2D eigenvalue weighted by atomic mass is 16.6. The average molecular weight is 243 g/mol. The summed E-state index contributed by atoms with van der Waals surface area (Å²) in [6, 6.07) is 6.06. The van der Waals surface area contributed by atoms with Crippen molar-refractivity contribution in [2.24, 2.45) is 5.10 Å². The molecule has 0 spiro atoms. The molecule has 0 unspecified atom stereocenters. The Labute approximate surface area is 103 Å². The molecule has 7 heteroatoms. The zero-order valence-electron chi connectivity index (χ0n) is 9.76. The zero-order chi connectivity index (χ0) is 13.7. The number of hydrogen-bond acceptors (Lipinski definition) is 6. The van der Waals surface area contributed by atoms with E-state index in [0.717, 1.165) is 11.1 Å². The van der Waals surface area contributed by atoms with E-state index in [1.54, 1.807) is 32.1 Å². The Morgan fingerprint density at radius 1 is 1.33 bits per heavy atom. The third-order valence-corrected chi connectivity index (χ3v) is 2.31. The monoisotopic (exact) mass is 243 g/mol. The highest BCUT2D eigenvalue weighted by Crippen LogP contribution is 2.27. The third-order valence-electron chi connectivity index (χ3n) is 2.31. The van der Waals surface area contributed by atoms with Gasteiger partial charge in [0.25, 0.3) is 5.69 Å². The number of nitriles is 2. The number of nitro benzene ring substituents is 1. The highest BCUT2D eigenvalue weighted by Gasteiger charge is 2.15. The number of nitrogens with one attached hydrogen (secondary N) is 1. The van der Waals surface area contributed by atoms with Crippen LogP contribution in [0.25, 0.3) is 0 Å². The van der Waals surface area contributed by atoms with Crippen LogP contribution in [0.2, 0.25) is 0 Å². The van der Waals surface area contributed by atoms with Crippen molar-refractivity contribution in [3.05, 3.63) is 33.4 Å². The lowest BCUT2D eigenvalue weighted by Gasteiger charge is -2.05. The van der Waals surface area contributed by atoms with E-state index < -0.39 is 10.6 Å². The molecule has 0 bridgehead atoms. The van der Waals surface area contributed by atoms with Gasteiger partial charge in [0.15, 0.2) is 0 Å². The molecule has 1 aromatic rings. The SMILES string of the molecule is Cc1cc(NN=C(C#N)C#N)c([N+](=O)[O-])cc1C. The van der Waals surface area contributed by atoms with Gasteiger partial charge < -0.3 is 0 Å². The molecule has 0 saturated heterocycles. The van der Waals surface area contributed by atoms with Crippen molar-refractivity contribution in [3.63, 3.8) is 0 Å². The molecule has 0 heterocycles. The van der Waals surface area contributed by atoms with Gasteiger partial charge in [-0.15, -0.1) is 0 Å². The molecule has 0 saturated carbocycles. The van der Waals surface area contributed by atoms with Gasteiger partial charge in [0.2, 0.25) is 5.71 Å². The van der Waals surface area contributed by atoms with Crippen molar-refractivity contribution in [3.8, 4) is 12.1 Å². The molecule has 0 radical (unpaired) electrons. The van der Waals surface area contributed by atoms with Crippen LogP contribution < -0.4 is 5.43 Å². The maximum absolute atomic E-state index is 10.9. The smallest absolute Gasteiger partial charge is 0.270 e. The van der Waals surface area contributed by atoms with Crippen molar-refractivity contribution in [1.29, 1.82) is 10.5 Å². The molecule has 1 aromatic carbocycles. The number of hydrazone groups is 1. The van der Waals surface area contributed by atoms with E-state index in [4.69, 9.17) is 10.5 Å². The van der Waals surface area contributed by atoms with Crippen molar-refractivity contribution >= 4 is 17.1 Å². The van der Waals surface area contributed by atoms with Crippen LogP contribution in [0.1, 0.15) is 11.1 Å². The molecule has 0 aliphatic carbocycles. The molecular formula is C11H9N5O2. The second-order valence-corrected chi connectivity index (χ2v) is 3.51. The fourth-order valence-electron chi connectivity index (χ4n) is 1.23. The molecule has 7 nitrogen and oxygen atoms in total. The molecule has 1 rings (SSSR count). The van der Waals surface area contributed by atoms with Crippen LogP contribution in [0.5, 0.6) is 0 Å². The minimum Gasteiger partial charge on any atom is -0.270 e. The van der Waals surface area contributed by atoms with Crippen LogP contribution in [0.15, 0.2) is 17.2 Å². The van der Waals surface area contributed by atoms with Crippen LogP contribution in [0, 0.1) is 46.6 Å². The molecule has 18 heavy (non-hydrogen) atoms. The van der Waals surface area contributed by atoms with E-state index >= 15 is 0 Å². The normalized spacial score (nSPS) is 8.89. The summed E-state index contributed by atoms with van der Waals surface area (Å²) in [7, 11) is 0. The first-order valence-electron chi connectivity index (χ1n) is 4.89. The van der Waals surface area contributed by atoms with E-state index in [1.807, 2.05) is 0 Å². The molecule has 0 atom stereocenters. The minimum absolute atomic E-state index is 0.145. The van der Waals surface area contributed by atoms with Gasteiger partial charge in [0.1, 0.15) is 17.8 Å². The summed E-state index contributed by atoms with van der Waals surface area (Å²) in [5, 5.41) is 31.3. The Hall–Kier alpha value is -2.93. The predicted molar refractivity (Wildman–Crippen MR) is 64.9 cm³/mol. The second kappa shape index (κ2) is 5.41. The average Bonchev–Trinajstić information content (AvgIpc) is 2.34. The van der Waals surface area contributed by atoms with Crippen molar-refractivity contribution in [1.82, 2.24) is 0 Å². The van der Waals surface area contributed by atoms with Gasteiger partial charge in [-0.2, -0.15) is 15.6 Å². The molecule has 0 fully saturated rings. The fraction of sp³-hybridized carbons (Fsp3) is 0.182. The molecular weight excluding hydrogens is 234 g/mol. The molecule has 90 valence electrons. The summed E-state index contributed by atoms with van der Waals surface area (Å²) in [6.45, 7) is 3.55. The second-order valence-electron chi connectivity index (χ2n) is 3.51. The fourth-order valence-corrected chi connectivity index (χ4v) is 1.23. The first-order valence-corrected chi connectivity index (χ1v) is 4.89. The Morgan fingerprint density at radius 2 is 1.89 bits per heavy atom. The summed E-state index contributed by atoms with van der Waals surface area (Å²) in [6.07, 6.45) is 0. The lowest BCUT2D eigenvalue weighted by Crippen LogP contribution is -2.01. The maximum Gasteiger partial charge on any atom is 0.294 e. The Kier molecular flexibility index (Phi) is 3.95. The van der Waals surface area contributed by atoms with E-state index in [-0.39, 0.29) is 11.4 Å². The van der Waals surface area contributed by atoms with Crippen LogP contribution in [0.4, 0.5) is 11.4 Å². The molecule has 0 amide bonds. The maximum atomic E-state index is 10.9. The predicted octanol–water partition coefficient (Wildman–Crippen LogP) is 2.03. The third kappa shape index (κ3) is 2.80. The van der Waals surface area contributed by atoms with Crippen LogP contribution >= 0.6 is 0 Å².